The second-order valence-electron chi connectivity index (χ2n) is 15.4. The number of ether oxygens (including phenoxy) is 3. The number of carbonyl (C=O) groups excluding carboxylic acids is 2. The number of H-pyrrole nitrogens is 2. The monoisotopic (exact) mass is 733 g/mol. The van der Waals surface area contributed by atoms with Gasteiger partial charge in [-0.05, 0) is 77.4 Å². The first-order valence-electron chi connectivity index (χ1n) is 18.5. The van der Waals surface area contributed by atoms with E-state index in [1.165, 1.54) is 12.0 Å². The Bertz CT molecular complexity index is 2320. The number of carboxylic acid groups (broad SMARTS) is 1. The van der Waals surface area contributed by atoms with Crippen LogP contribution in [0.4, 0.5) is 9.59 Å². The van der Waals surface area contributed by atoms with E-state index in [9.17, 15) is 19.5 Å². The fourth-order valence-corrected chi connectivity index (χ4v) is 8.92. The largest absolute Gasteiger partial charge is 0.488 e. The molecular formula is C40H43N7O7. The average molecular weight is 734 g/mol. The number of aromatic nitrogens is 4. The van der Waals surface area contributed by atoms with Crippen LogP contribution < -0.4 is 10.1 Å². The summed E-state index contributed by atoms with van der Waals surface area (Å²) >= 11 is 0. The molecule has 2 aromatic heterocycles. The molecule has 3 amide bonds. The van der Waals surface area contributed by atoms with E-state index >= 15 is 0 Å². The molecule has 0 bridgehead atoms. The van der Waals surface area contributed by atoms with Crippen LogP contribution in [0.25, 0.3) is 44.2 Å². The van der Waals surface area contributed by atoms with E-state index in [1.807, 2.05) is 24.8 Å². The van der Waals surface area contributed by atoms with Crippen LogP contribution in [0.2, 0.25) is 0 Å². The maximum atomic E-state index is 13.9. The van der Waals surface area contributed by atoms with Gasteiger partial charge in [-0.15, -0.1) is 0 Å². The standard InChI is InChI=1S/C40H43N7O7/c1-19(2)34(45-39(49)53-4)38(48)47-30-12-23(30)13-32(47)37-42-28-8-6-21-11-27-25-7-5-22(10-24(25)18-54-33(27)14-26(21)35(28)44-37)29-15-41-36(43-29)31-9-20(17-52-3)16-46(31)40(50)51/h5-8,10-11,14-15,19-20,23,30-32,34H,9,12-13,16-18H2,1-4H3,(H,41,43)(H,42,44)(H,45,49)(H,50,51)/t20-,23?,30+,31-,32-,34-/m0/s1. The third-order valence-corrected chi connectivity index (χ3v) is 11.7. The predicted molar refractivity (Wildman–Crippen MR) is 199 cm³/mol. The van der Waals surface area contributed by atoms with E-state index in [-0.39, 0.29) is 35.9 Å². The summed E-state index contributed by atoms with van der Waals surface area (Å²) in [6, 6.07) is 13.5. The molecule has 1 unspecified atom stereocenters. The van der Waals surface area contributed by atoms with Crippen molar-refractivity contribution >= 4 is 39.9 Å². The van der Waals surface area contributed by atoms with Gasteiger partial charge in [0, 0.05) is 36.6 Å². The summed E-state index contributed by atoms with van der Waals surface area (Å²) in [5, 5.41) is 14.6. The zero-order chi connectivity index (χ0) is 37.4. The van der Waals surface area contributed by atoms with Crippen molar-refractivity contribution in [3.8, 4) is 28.1 Å². The number of hydrogen-bond acceptors (Lipinski definition) is 8. The van der Waals surface area contributed by atoms with E-state index in [0.717, 1.165) is 74.2 Å². The molecule has 1 saturated carbocycles. The maximum absolute atomic E-state index is 13.9. The highest BCUT2D eigenvalue weighted by molar-refractivity contribution is 6.07. The van der Waals surface area contributed by atoms with E-state index in [4.69, 9.17) is 19.2 Å². The molecule has 5 heterocycles. The topological polar surface area (TPSA) is 175 Å². The summed E-state index contributed by atoms with van der Waals surface area (Å²) < 4.78 is 16.5. The lowest BCUT2D eigenvalue weighted by Gasteiger charge is -2.31. The van der Waals surface area contributed by atoms with Crippen LogP contribution in [0, 0.1) is 17.8 Å². The number of amides is 3. The number of methoxy groups -OCH3 is 2. The van der Waals surface area contributed by atoms with E-state index in [1.54, 1.807) is 13.3 Å². The molecule has 3 fully saturated rings. The van der Waals surface area contributed by atoms with E-state index < -0.39 is 18.2 Å². The molecule has 1 aliphatic carbocycles. The predicted octanol–water partition coefficient (Wildman–Crippen LogP) is 6.40. The van der Waals surface area contributed by atoms with Crippen molar-refractivity contribution in [2.75, 3.05) is 27.4 Å². The van der Waals surface area contributed by atoms with Gasteiger partial charge in [0.2, 0.25) is 5.91 Å². The van der Waals surface area contributed by atoms with Gasteiger partial charge in [0.25, 0.3) is 0 Å². The molecule has 14 heteroatoms. The fourth-order valence-electron chi connectivity index (χ4n) is 8.92. The molecular weight excluding hydrogens is 690 g/mol. The Morgan fingerprint density at radius 2 is 1.87 bits per heavy atom. The minimum absolute atomic E-state index is 0.109. The number of fused-ring (bicyclic) bond motifs is 7. The van der Waals surface area contributed by atoms with Crippen LogP contribution in [0.15, 0.2) is 48.7 Å². The zero-order valence-electron chi connectivity index (χ0n) is 30.6. The number of aromatic amines is 2. The second kappa shape index (κ2) is 13.0. The van der Waals surface area contributed by atoms with Crippen molar-refractivity contribution in [3.05, 3.63) is 65.9 Å². The van der Waals surface area contributed by atoms with Gasteiger partial charge in [-0.3, -0.25) is 9.69 Å². The molecule has 6 atom stereocenters. The van der Waals surface area contributed by atoms with Crippen LogP contribution in [0.3, 0.4) is 0 Å². The second-order valence-corrected chi connectivity index (χ2v) is 15.4. The zero-order valence-corrected chi connectivity index (χ0v) is 30.6. The number of nitrogens with one attached hydrogen (secondary N) is 3. The van der Waals surface area contributed by atoms with Gasteiger partial charge in [-0.1, -0.05) is 32.0 Å². The Labute approximate surface area is 311 Å². The molecule has 0 radical (unpaired) electrons. The Balaban J connectivity index is 0.992. The summed E-state index contributed by atoms with van der Waals surface area (Å²) in [5.74, 6) is 2.48. The first kappa shape index (κ1) is 34.2. The van der Waals surface area contributed by atoms with Gasteiger partial charge in [0.05, 0.1) is 48.7 Å². The Morgan fingerprint density at radius 1 is 1.02 bits per heavy atom. The van der Waals surface area contributed by atoms with Crippen LogP contribution in [-0.4, -0.2) is 92.4 Å². The van der Waals surface area contributed by atoms with E-state index in [0.29, 0.717) is 37.9 Å². The molecule has 0 spiro atoms. The summed E-state index contributed by atoms with van der Waals surface area (Å²) in [7, 11) is 2.93. The molecule has 3 aliphatic heterocycles. The molecule has 9 rings (SSSR count). The number of piperidine rings is 1. The van der Waals surface area contributed by atoms with Gasteiger partial charge in [0.15, 0.2) is 0 Å². The number of imidazole rings is 2. The highest BCUT2D eigenvalue weighted by atomic mass is 16.5. The van der Waals surface area contributed by atoms with Crippen molar-refractivity contribution in [3.63, 3.8) is 0 Å². The highest BCUT2D eigenvalue weighted by Crippen LogP contribution is 2.54. The number of nitrogens with zero attached hydrogens (tertiary/aromatic N) is 4. The number of carbonyl (C=O) groups is 3. The van der Waals surface area contributed by atoms with Crippen molar-refractivity contribution in [1.82, 2.24) is 35.1 Å². The normalized spacial score (nSPS) is 23.2. The van der Waals surface area contributed by atoms with Crippen molar-refractivity contribution in [2.45, 2.75) is 63.9 Å². The number of rotatable bonds is 8. The lowest BCUT2D eigenvalue weighted by atomic mass is 9.92. The van der Waals surface area contributed by atoms with Gasteiger partial charge < -0.3 is 39.5 Å². The van der Waals surface area contributed by atoms with Gasteiger partial charge >= 0.3 is 12.2 Å². The Kier molecular flexibility index (Phi) is 8.25. The SMILES string of the molecule is COC[C@H]1C[C@@H](c2ncc(-c3ccc4c(c3)COc3cc5c(ccc6nc([C@@H]7CC8C[C@H]8N7C(=O)[C@@H](NC(=O)OC)C(C)C)[nH]c65)cc3-4)[nH]2)N(C(=O)O)C1. The third kappa shape index (κ3) is 5.70. The minimum Gasteiger partial charge on any atom is -0.488 e. The van der Waals surface area contributed by atoms with Crippen molar-refractivity contribution in [1.29, 1.82) is 0 Å². The molecule has 280 valence electrons. The quantitative estimate of drug-likeness (QED) is 0.141. The first-order chi connectivity index (χ1) is 26.1. The summed E-state index contributed by atoms with van der Waals surface area (Å²) in [6.07, 6.45) is 2.62. The minimum atomic E-state index is -0.961. The Hall–Kier alpha value is -5.63. The fraction of sp³-hybridized carbons (Fsp3) is 0.425. The van der Waals surface area contributed by atoms with Crippen LogP contribution in [0.5, 0.6) is 5.75 Å². The number of benzene rings is 3. The van der Waals surface area contributed by atoms with E-state index in [2.05, 4.69) is 56.7 Å². The van der Waals surface area contributed by atoms with Gasteiger partial charge in [-0.2, -0.15) is 0 Å². The average Bonchev–Trinajstić information content (AvgIpc) is 3.64. The number of likely N-dealkylation sites (tertiary alicyclic amines) is 2. The smallest absolute Gasteiger partial charge is 0.407 e. The van der Waals surface area contributed by atoms with Crippen LogP contribution in [-0.2, 0) is 20.9 Å². The summed E-state index contributed by atoms with van der Waals surface area (Å²) in [5.41, 5.74) is 6.59. The third-order valence-electron chi connectivity index (χ3n) is 11.7. The van der Waals surface area contributed by atoms with Gasteiger partial charge in [-0.25, -0.2) is 19.6 Å². The molecule has 4 N–H and O–H groups in total. The van der Waals surface area contributed by atoms with Crippen molar-refractivity contribution in [2.24, 2.45) is 17.8 Å². The number of alkyl carbamates (subject to hydrolysis) is 1. The molecule has 5 aromatic rings. The summed E-state index contributed by atoms with van der Waals surface area (Å²) in [6.45, 7) is 5.15. The van der Waals surface area contributed by atoms with Crippen LogP contribution >= 0.6 is 0 Å². The first-order valence-corrected chi connectivity index (χ1v) is 18.5. The van der Waals surface area contributed by atoms with Crippen LogP contribution in [0.1, 0.15) is 62.4 Å². The molecule has 3 aromatic carbocycles. The number of hydrogen-bond donors (Lipinski definition) is 4. The molecule has 2 saturated heterocycles. The Morgan fingerprint density at radius 3 is 2.65 bits per heavy atom. The molecule has 14 nitrogen and oxygen atoms in total. The highest BCUT2D eigenvalue weighted by Gasteiger charge is 2.56. The van der Waals surface area contributed by atoms with Gasteiger partial charge in [0.1, 0.15) is 30.0 Å². The lowest BCUT2D eigenvalue weighted by molar-refractivity contribution is -0.136. The lowest BCUT2D eigenvalue weighted by Crippen LogP contribution is -2.52. The molecule has 4 aliphatic rings. The van der Waals surface area contributed by atoms with Crippen molar-refractivity contribution < 1.29 is 33.7 Å². The summed E-state index contributed by atoms with van der Waals surface area (Å²) in [4.78, 5) is 58.0. The maximum Gasteiger partial charge on any atom is 0.407 e. The molecule has 54 heavy (non-hydrogen) atoms.